The summed E-state index contributed by atoms with van der Waals surface area (Å²) < 4.78 is 10.4. The maximum atomic E-state index is 11.7. The van der Waals surface area contributed by atoms with Gasteiger partial charge in [0.2, 0.25) is 0 Å². The molecule has 0 aliphatic heterocycles. The minimum absolute atomic E-state index is 0.249. The molecule has 4 nitrogen and oxygen atoms in total. The average Bonchev–Trinajstić information content (AvgIpc) is 2.94. The fraction of sp³-hybridized carbons (Fsp3) is 0.231. The lowest BCUT2D eigenvalue weighted by Crippen LogP contribution is -2.20. The van der Waals surface area contributed by atoms with Crippen LogP contribution in [0, 0.1) is 0 Å². The summed E-state index contributed by atoms with van der Waals surface area (Å²) in [5.74, 6) is -0.0421. The zero-order valence-electron chi connectivity index (χ0n) is 9.91. The summed E-state index contributed by atoms with van der Waals surface area (Å²) >= 11 is 1.51. The SMILES string of the molecule is COC(=O)C(COc1cccnc1)c1cccs1. The van der Waals surface area contributed by atoms with E-state index in [2.05, 4.69) is 4.98 Å². The van der Waals surface area contributed by atoms with Crippen LogP contribution in [0.25, 0.3) is 0 Å². The standard InChI is InChI=1S/C13H13NO3S/c1-16-13(15)11(12-5-3-7-18-12)9-17-10-4-2-6-14-8-10/h2-8,11H,9H2,1H3. The third kappa shape index (κ3) is 3.07. The van der Waals surface area contributed by atoms with Crippen molar-refractivity contribution in [3.8, 4) is 5.75 Å². The number of nitrogens with zero attached hydrogens (tertiary/aromatic N) is 1. The van der Waals surface area contributed by atoms with E-state index in [1.807, 2.05) is 17.5 Å². The van der Waals surface area contributed by atoms with Crippen molar-refractivity contribution in [1.29, 1.82) is 0 Å². The van der Waals surface area contributed by atoms with Crippen LogP contribution in [0.15, 0.2) is 42.0 Å². The molecule has 0 N–H and O–H groups in total. The predicted molar refractivity (Wildman–Crippen MR) is 68.8 cm³/mol. The first-order chi connectivity index (χ1) is 8.81. The highest BCUT2D eigenvalue weighted by molar-refractivity contribution is 7.10. The molecule has 0 spiro atoms. The predicted octanol–water partition coefficient (Wildman–Crippen LogP) is 2.48. The average molecular weight is 263 g/mol. The monoisotopic (exact) mass is 263 g/mol. The summed E-state index contributed by atoms with van der Waals surface area (Å²) in [6, 6.07) is 7.39. The Morgan fingerprint density at radius 1 is 1.44 bits per heavy atom. The van der Waals surface area contributed by atoms with E-state index in [0.717, 1.165) is 4.88 Å². The number of carbonyl (C=O) groups excluding carboxylic acids is 1. The molecule has 5 heteroatoms. The highest BCUT2D eigenvalue weighted by Crippen LogP contribution is 2.23. The lowest BCUT2D eigenvalue weighted by molar-refractivity contribution is -0.143. The molecule has 2 aromatic rings. The third-order valence-corrected chi connectivity index (χ3v) is 3.41. The van der Waals surface area contributed by atoms with Crippen molar-refractivity contribution >= 4 is 17.3 Å². The van der Waals surface area contributed by atoms with E-state index in [0.29, 0.717) is 5.75 Å². The minimum atomic E-state index is -0.393. The van der Waals surface area contributed by atoms with Crippen molar-refractivity contribution in [2.24, 2.45) is 0 Å². The van der Waals surface area contributed by atoms with Crippen LogP contribution in [-0.4, -0.2) is 24.7 Å². The van der Waals surface area contributed by atoms with Gasteiger partial charge in [-0.2, -0.15) is 0 Å². The van der Waals surface area contributed by atoms with Crippen LogP contribution in [0.1, 0.15) is 10.8 Å². The van der Waals surface area contributed by atoms with Crippen LogP contribution in [-0.2, 0) is 9.53 Å². The molecule has 0 saturated heterocycles. The van der Waals surface area contributed by atoms with Gasteiger partial charge < -0.3 is 9.47 Å². The minimum Gasteiger partial charge on any atom is -0.491 e. The number of esters is 1. The first-order valence-electron chi connectivity index (χ1n) is 5.45. The van der Waals surface area contributed by atoms with Crippen molar-refractivity contribution < 1.29 is 14.3 Å². The van der Waals surface area contributed by atoms with Gasteiger partial charge in [0, 0.05) is 11.1 Å². The number of ether oxygens (including phenoxy) is 2. The zero-order chi connectivity index (χ0) is 12.8. The quantitative estimate of drug-likeness (QED) is 0.778. The molecule has 0 fully saturated rings. The van der Waals surface area contributed by atoms with Gasteiger partial charge in [-0.25, -0.2) is 0 Å². The second kappa shape index (κ2) is 6.16. The second-order valence-electron chi connectivity index (χ2n) is 3.59. The molecule has 2 heterocycles. The summed E-state index contributed by atoms with van der Waals surface area (Å²) in [5.41, 5.74) is 0. The molecule has 0 aliphatic rings. The smallest absolute Gasteiger partial charge is 0.317 e. The topological polar surface area (TPSA) is 48.4 Å². The maximum Gasteiger partial charge on any atom is 0.317 e. The number of hydrogen-bond donors (Lipinski definition) is 0. The summed E-state index contributed by atoms with van der Waals surface area (Å²) in [5, 5.41) is 1.93. The molecule has 0 radical (unpaired) electrons. The van der Waals surface area contributed by atoms with Gasteiger partial charge in [0.1, 0.15) is 18.3 Å². The lowest BCUT2D eigenvalue weighted by Gasteiger charge is -2.14. The van der Waals surface area contributed by atoms with Crippen molar-refractivity contribution in [3.63, 3.8) is 0 Å². The van der Waals surface area contributed by atoms with Crippen LogP contribution in [0.4, 0.5) is 0 Å². The van der Waals surface area contributed by atoms with Crippen molar-refractivity contribution in [2.45, 2.75) is 5.92 Å². The van der Waals surface area contributed by atoms with E-state index in [1.54, 1.807) is 24.5 Å². The fourth-order valence-corrected chi connectivity index (χ4v) is 2.31. The molecule has 2 rings (SSSR count). The maximum absolute atomic E-state index is 11.7. The number of methoxy groups -OCH3 is 1. The summed E-state index contributed by atoms with van der Waals surface area (Å²) in [6.45, 7) is 0.249. The van der Waals surface area contributed by atoms with Gasteiger partial charge in [0.15, 0.2) is 0 Å². The Balaban J connectivity index is 2.05. The van der Waals surface area contributed by atoms with Crippen LogP contribution in [0.2, 0.25) is 0 Å². The first kappa shape index (κ1) is 12.6. The summed E-state index contributed by atoms with van der Waals surface area (Å²) in [4.78, 5) is 16.6. The Kier molecular flexibility index (Phi) is 4.30. The van der Waals surface area contributed by atoms with Crippen LogP contribution in [0.3, 0.4) is 0 Å². The number of rotatable bonds is 5. The summed E-state index contributed by atoms with van der Waals surface area (Å²) in [7, 11) is 1.38. The molecule has 94 valence electrons. The Labute approximate surface area is 109 Å². The van der Waals surface area contributed by atoms with E-state index < -0.39 is 5.92 Å². The molecule has 0 aromatic carbocycles. The first-order valence-corrected chi connectivity index (χ1v) is 6.33. The molecule has 2 aromatic heterocycles. The van der Waals surface area contributed by atoms with E-state index >= 15 is 0 Å². The highest BCUT2D eigenvalue weighted by Gasteiger charge is 2.23. The molecule has 0 amide bonds. The number of thiophene rings is 1. The van der Waals surface area contributed by atoms with E-state index in [-0.39, 0.29) is 12.6 Å². The van der Waals surface area contributed by atoms with E-state index in [4.69, 9.17) is 9.47 Å². The highest BCUT2D eigenvalue weighted by atomic mass is 32.1. The van der Waals surface area contributed by atoms with E-state index in [9.17, 15) is 4.79 Å². The molecule has 0 saturated carbocycles. The summed E-state index contributed by atoms with van der Waals surface area (Å²) in [6.07, 6.45) is 3.28. The van der Waals surface area contributed by atoms with Gasteiger partial charge in [-0.3, -0.25) is 9.78 Å². The molecular formula is C13H13NO3S. The van der Waals surface area contributed by atoms with Gasteiger partial charge in [0.25, 0.3) is 0 Å². The Bertz CT molecular complexity index is 484. The number of pyridine rings is 1. The van der Waals surface area contributed by atoms with Crippen molar-refractivity contribution in [3.05, 3.63) is 46.9 Å². The van der Waals surface area contributed by atoms with Gasteiger partial charge >= 0.3 is 5.97 Å². The van der Waals surface area contributed by atoms with Crippen LogP contribution >= 0.6 is 11.3 Å². The van der Waals surface area contributed by atoms with Gasteiger partial charge in [0.05, 0.1) is 13.3 Å². The number of hydrogen-bond acceptors (Lipinski definition) is 5. The van der Waals surface area contributed by atoms with Crippen molar-refractivity contribution in [1.82, 2.24) is 4.98 Å². The third-order valence-electron chi connectivity index (χ3n) is 2.42. The normalized spacial score (nSPS) is 11.8. The molecule has 1 atom stereocenters. The van der Waals surface area contributed by atoms with E-state index in [1.165, 1.54) is 18.4 Å². The number of aromatic nitrogens is 1. The van der Waals surface area contributed by atoms with Gasteiger partial charge in [-0.05, 0) is 23.6 Å². The van der Waals surface area contributed by atoms with Crippen molar-refractivity contribution in [2.75, 3.05) is 13.7 Å². The molecule has 18 heavy (non-hydrogen) atoms. The van der Waals surface area contributed by atoms with Gasteiger partial charge in [-0.1, -0.05) is 6.07 Å². The van der Waals surface area contributed by atoms with Gasteiger partial charge in [-0.15, -0.1) is 11.3 Å². The molecule has 0 bridgehead atoms. The Hall–Kier alpha value is -1.88. The molecular weight excluding hydrogens is 250 g/mol. The largest absolute Gasteiger partial charge is 0.491 e. The second-order valence-corrected chi connectivity index (χ2v) is 4.57. The zero-order valence-corrected chi connectivity index (χ0v) is 10.7. The van der Waals surface area contributed by atoms with Crippen LogP contribution in [0.5, 0.6) is 5.75 Å². The van der Waals surface area contributed by atoms with Crippen LogP contribution < -0.4 is 4.74 Å². The number of carbonyl (C=O) groups is 1. The Morgan fingerprint density at radius 3 is 2.94 bits per heavy atom. The Morgan fingerprint density at radius 2 is 2.33 bits per heavy atom. The fourth-order valence-electron chi connectivity index (χ4n) is 1.51. The molecule has 0 aliphatic carbocycles. The molecule has 1 unspecified atom stereocenters. The lowest BCUT2D eigenvalue weighted by atomic mass is 10.1.